The van der Waals surface area contributed by atoms with E-state index in [0.717, 1.165) is 0 Å². The molecule has 0 radical (unpaired) electrons. The van der Waals surface area contributed by atoms with Crippen LogP contribution >= 0.6 is 6.72 Å². The van der Waals surface area contributed by atoms with Crippen LogP contribution < -0.4 is 15.8 Å². The zero-order chi connectivity index (χ0) is 24.2. The fraction of sp³-hybridized carbons (Fsp3) is 0.412. The summed E-state index contributed by atoms with van der Waals surface area (Å²) in [6, 6.07) is 6.43. The zero-order valence-corrected chi connectivity index (χ0v) is 17.8. The van der Waals surface area contributed by atoms with Gasteiger partial charge >= 0.3 is 18.3 Å². The maximum Gasteiger partial charge on any atom is 0.381 e. The average molecular weight is 516 g/mol. The molecule has 1 aromatic heterocycles. The van der Waals surface area contributed by atoms with Crippen molar-refractivity contribution in [3.8, 4) is 5.75 Å². The average Bonchev–Trinajstić information content (AvgIpc) is 2.96. The van der Waals surface area contributed by atoms with E-state index in [1.807, 2.05) is 0 Å². The smallest absolute Gasteiger partial charge is 0.381 e. The first kappa shape index (κ1) is 24.0. The summed E-state index contributed by atoms with van der Waals surface area (Å²) in [5, 5.41) is 10.1. The highest BCUT2D eigenvalue weighted by Crippen LogP contribution is 2.57. The summed E-state index contributed by atoms with van der Waals surface area (Å²) >= 11 is 5.10. The van der Waals surface area contributed by atoms with Crippen molar-refractivity contribution < 1.29 is 45.4 Å². The summed E-state index contributed by atoms with van der Waals surface area (Å²) in [4.78, 5) is 24.5. The molecule has 4 rings (SSSR count). The van der Waals surface area contributed by atoms with Gasteiger partial charge in [0.25, 0.3) is 12.0 Å². The number of halogens is 5. The highest BCUT2D eigenvalue weighted by Gasteiger charge is 2.71. The summed E-state index contributed by atoms with van der Waals surface area (Å²) in [6.07, 6.45) is -9.86. The Kier molecular flexibility index (Phi) is 6.00. The third kappa shape index (κ3) is 4.02. The lowest BCUT2D eigenvalue weighted by molar-refractivity contribution is -0.193. The van der Waals surface area contributed by atoms with E-state index in [9.17, 15) is 36.6 Å². The van der Waals surface area contributed by atoms with Gasteiger partial charge in [0, 0.05) is 17.4 Å². The minimum atomic E-state index is -4.54. The number of para-hydroxylation sites is 1. The van der Waals surface area contributed by atoms with Crippen LogP contribution in [0.2, 0.25) is 0 Å². The van der Waals surface area contributed by atoms with Gasteiger partial charge in [-0.05, 0) is 6.07 Å². The van der Waals surface area contributed by atoms with Gasteiger partial charge in [0.1, 0.15) is 5.75 Å². The van der Waals surface area contributed by atoms with E-state index < -0.39 is 60.7 Å². The number of alkyl halides is 4. The molecule has 3 heterocycles. The molecule has 0 spiro atoms. The molecule has 2 aromatic rings. The van der Waals surface area contributed by atoms with Gasteiger partial charge in [0.05, 0.1) is 19.4 Å². The van der Waals surface area contributed by atoms with Crippen LogP contribution in [0.1, 0.15) is 11.8 Å². The standard InChI is InChI=1S/C17H14F5N2O7PS/c18-9-5-24(15(27)23-11(9)25)14-17(21,22)12(26)16(30-14,13(19)20)7-29-32(33)28-6-8-3-1-2-4-10(8)31-32/h1-5,12-14,26H,6-7H2,(H,23,25,27)/t12-,14+,16+,32?/m0/s1. The Bertz CT molecular complexity index is 1240. The second-order valence-corrected chi connectivity index (χ2v) is 10.1. The topological polar surface area (TPSA) is 112 Å². The van der Waals surface area contributed by atoms with Crippen LogP contribution in [0.3, 0.4) is 0 Å². The third-order valence-corrected chi connectivity index (χ3v) is 7.21. The van der Waals surface area contributed by atoms with Gasteiger partial charge in [0.2, 0.25) is 12.0 Å². The number of ether oxygens (including phenoxy) is 1. The number of aromatic amines is 1. The number of aromatic nitrogens is 2. The van der Waals surface area contributed by atoms with Crippen molar-refractivity contribution in [3.05, 3.63) is 62.7 Å². The predicted octanol–water partition coefficient (Wildman–Crippen LogP) is 2.05. The van der Waals surface area contributed by atoms with Crippen LogP contribution in [0.25, 0.3) is 0 Å². The summed E-state index contributed by atoms with van der Waals surface area (Å²) in [5.41, 5.74) is -5.93. The Morgan fingerprint density at radius 3 is 2.73 bits per heavy atom. The normalized spacial score (nSPS) is 30.8. The van der Waals surface area contributed by atoms with Gasteiger partial charge in [-0.25, -0.2) is 13.6 Å². The summed E-state index contributed by atoms with van der Waals surface area (Å²) in [5.74, 6) is -5.96. The van der Waals surface area contributed by atoms with Crippen LogP contribution in [-0.2, 0) is 32.2 Å². The molecule has 180 valence electrons. The van der Waals surface area contributed by atoms with Crippen molar-refractivity contribution in [1.82, 2.24) is 9.55 Å². The fourth-order valence-electron chi connectivity index (χ4n) is 3.29. The van der Waals surface area contributed by atoms with Gasteiger partial charge in [-0.1, -0.05) is 18.2 Å². The molecule has 0 saturated carbocycles. The molecule has 1 aromatic carbocycles. The quantitative estimate of drug-likeness (QED) is 0.459. The largest absolute Gasteiger partial charge is 0.424 e. The SMILES string of the molecule is O=c1[nH]c(=O)n([C@@H]2O[C@@](COP3(=S)OCc4ccccc4O3)(C(F)F)[C@H](O)C2(F)F)cc1F. The van der Waals surface area contributed by atoms with Gasteiger partial charge in [-0.15, -0.1) is 0 Å². The molecular formula is C17H14F5N2O7PS. The first-order valence-electron chi connectivity index (χ1n) is 9.09. The maximum atomic E-state index is 14.8. The van der Waals surface area contributed by atoms with E-state index in [1.54, 1.807) is 18.2 Å². The number of benzene rings is 1. The number of aliphatic hydroxyl groups excluding tert-OH is 1. The highest BCUT2D eigenvalue weighted by atomic mass is 32.5. The number of hydrogen-bond donors (Lipinski definition) is 2. The second-order valence-electron chi connectivity index (χ2n) is 7.14. The molecule has 2 aliphatic heterocycles. The Morgan fingerprint density at radius 1 is 1.33 bits per heavy atom. The van der Waals surface area contributed by atoms with Crippen molar-refractivity contribution in [2.45, 2.75) is 36.9 Å². The molecular weight excluding hydrogens is 502 g/mol. The molecule has 0 bridgehead atoms. The number of hydrogen-bond acceptors (Lipinski definition) is 8. The lowest BCUT2D eigenvalue weighted by Crippen LogP contribution is -2.54. The monoisotopic (exact) mass is 516 g/mol. The Labute approximate surface area is 185 Å². The lowest BCUT2D eigenvalue weighted by atomic mass is 9.96. The number of aliphatic hydroxyl groups is 1. The molecule has 9 nitrogen and oxygen atoms in total. The third-order valence-electron chi connectivity index (χ3n) is 5.04. The summed E-state index contributed by atoms with van der Waals surface area (Å²) < 4.78 is 91.7. The molecule has 4 atom stereocenters. The molecule has 33 heavy (non-hydrogen) atoms. The van der Waals surface area contributed by atoms with E-state index in [1.165, 1.54) is 11.1 Å². The number of nitrogens with one attached hydrogen (secondary N) is 1. The molecule has 1 saturated heterocycles. The number of rotatable bonds is 5. The van der Waals surface area contributed by atoms with Gasteiger partial charge in [0.15, 0.2) is 11.7 Å². The van der Waals surface area contributed by atoms with Gasteiger partial charge in [-0.2, -0.15) is 13.2 Å². The van der Waals surface area contributed by atoms with E-state index in [2.05, 4.69) is 0 Å². The van der Waals surface area contributed by atoms with Crippen LogP contribution in [0.5, 0.6) is 5.75 Å². The van der Waals surface area contributed by atoms with Crippen LogP contribution in [0, 0.1) is 5.82 Å². The number of H-pyrrole nitrogens is 1. The number of nitrogens with zero attached hydrogens (tertiary/aromatic N) is 1. The van der Waals surface area contributed by atoms with Crippen LogP contribution in [-0.4, -0.2) is 45.3 Å². The summed E-state index contributed by atoms with van der Waals surface area (Å²) in [7, 11) is 0. The Balaban J connectivity index is 1.65. The predicted molar refractivity (Wildman–Crippen MR) is 103 cm³/mol. The first-order valence-corrected chi connectivity index (χ1v) is 11.6. The van der Waals surface area contributed by atoms with Crippen LogP contribution in [0.15, 0.2) is 40.1 Å². The molecule has 0 amide bonds. The molecule has 16 heteroatoms. The molecule has 0 aliphatic carbocycles. The van der Waals surface area contributed by atoms with Gasteiger partial charge in [-0.3, -0.25) is 23.4 Å². The van der Waals surface area contributed by atoms with Crippen molar-refractivity contribution in [2.75, 3.05) is 6.61 Å². The van der Waals surface area contributed by atoms with E-state index in [4.69, 9.17) is 30.1 Å². The zero-order valence-electron chi connectivity index (χ0n) is 16.1. The molecule has 1 fully saturated rings. The minimum absolute atomic E-state index is 0.0563. The van der Waals surface area contributed by atoms with Crippen LogP contribution in [0.4, 0.5) is 22.0 Å². The maximum absolute atomic E-state index is 14.8. The van der Waals surface area contributed by atoms with Crippen molar-refractivity contribution in [3.63, 3.8) is 0 Å². The van der Waals surface area contributed by atoms with E-state index in [0.29, 0.717) is 5.56 Å². The molecule has 2 aliphatic rings. The number of fused-ring (bicyclic) bond motifs is 1. The Hall–Kier alpha value is -2.16. The molecule has 1 unspecified atom stereocenters. The van der Waals surface area contributed by atoms with E-state index >= 15 is 0 Å². The Morgan fingerprint density at radius 2 is 2.03 bits per heavy atom. The molecule has 2 N–H and O–H groups in total. The van der Waals surface area contributed by atoms with Crippen molar-refractivity contribution in [2.24, 2.45) is 0 Å². The van der Waals surface area contributed by atoms with Crippen molar-refractivity contribution in [1.29, 1.82) is 0 Å². The fourth-order valence-corrected chi connectivity index (χ4v) is 5.10. The summed E-state index contributed by atoms with van der Waals surface area (Å²) in [6.45, 7) is -5.30. The highest BCUT2D eigenvalue weighted by molar-refractivity contribution is 8.07. The lowest BCUT2D eigenvalue weighted by Gasteiger charge is -2.34. The van der Waals surface area contributed by atoms with Gasteiger partial charge < -0.3 is 14.4 Å². The minimum Gasteiger partial charge on any atom is -0.424 e. The second kappa shape index (κ2) is 8.25. The van der Waals surface area contributed by atoms with Crippen molar-refractivity contribution >= 4 is 18.5 Å². The first-order chi connectivity index (χ1) is 15.4. The van der Waals surface area contributed by atoms with E-state index in [-0.39, 0.29) is 23.1 Å².